The number of para-hydroxylation sites is 1. The summed E-state index contributed by atoms with van der Waals surface area (Å²) in [6, 6.07) is 22.6. The van der Waals surface area contributed by atoms with Crippen LogP contribution < -0.4 is 10.2 Å². The second kappa shape index (κ2) is 8.31. The smallest absolute Gasteiger partial charge is 0.285 e. The summed E-state index contributed by atoms with van der Waals surface area (Å²) < 4.78 is 7.36. The summed E-state index contributed by atoms with van der Waals surface area (Å²) in [5.74, 6) is 0.103. The molecule has 0 fully saturated rings. The lowest BCUT2D eigenvalue weighted by atomic mass is 10.2. The molecule has 0 N–H and O–H groups in total. The molecular formula is C20H17ClN2O2. The molecule has 0 atom stereocenters. The fraction of sp³-hybridized carbons (Fsp3) is 0.100. The van der Waals surface area contributed by atoms with E-state index in [2.05, 4.69) is 4.99 Å². The molecule has 0 radical (unpaired) electrons. The summed E-state index contributed by atoms with van der Waals surface area (Å²) in [7, 11) is 0. The Morgan fingerprint density at radius 2 is 1.68 bits per heavy atom. The van der Waals surface area contributed by atoms with Gasteiger partial charge >= 0.3 is 0 Å². The molecular weight excluding hydrogens is 336 g/mol. The van der Waals surface area contributed by atoms with Crippen LogP contribution in [0.25, 0.3) is 0 Å². The summed E-state index contributed by atoms with van der Waals surface area (Å²) in [5.41, 5.74) is 1.72. The molecule has 4 nitrogen and oxygen atoms in total. The molecule has 0 saturated carbocycles. The number of pyridine rings is 1. The van der Waals surface area contributed by atoms with E-state index >= 15 is 0 Å². The van der Waals surface area contributed by atoms with E-state index in [1.807, 2.05) is 53.2 Å². The lowest BCUT2D eigenvalue weighted by Crippen LogP contribution is -2.23. The van der Waals surface area contributed by atoms with E-state index in [0.717, 1.165) is 5.56 Å². The van der Waals surface area contributed by atoms with Gasteiger partial charge in [-0.1, -0.05) is 60.1 Å². The molecule has 0 aliphatic carbocycles. The van der Waals surface area contributed by atoms with Crippen molar-refractivity contribution in [2.24, 2.45) is 4.99 Å². The van der Waals surface area contributed by atoms with Crippen molar-refractivity contribution in [1.82, 2.24) is 4.57 Å². The third-order valence-corrected chi connectivity index (χ3v) is 3.85. The van der Waals surface area contributed by atoms with Crippen LogP contribution in [0.1, 0.15) is 5.56 Å². The van der Waals surface area contributed by atoms with Crippen LogP contribution in [0.5, 0.6) is 5.75 Å². The van der Waals surface area contributed by atoms with Gasteiger partial charge in [-0.25, -0.2) is 0 Å². The molecule has 1 amide bonds. The summed E-state index contributed by atoms with van der Waals surface area (Å²) in [5, 5.41) is 0.467. The van der Waals surface area contributed by atoms with Gasteiger partial charge in [-0.05, 0) is 29.8 Å². The highest BCUT2D eigenvalue weighted by molar-refractivity contribution is 6.32. The number of nitrogens with zero attached hydrogens (tertiary/aromatic N) is 2. The van der Waals surface area contributed by atoms with Gasteiger partial charge in [0.25, 0.3) is 5.91 Å². The molecule has 0 aliphatic heterocycles. The Hall–Kier alpha value is -2.85. The topological polar surface area (TPSA) is 43.6 Å². The molecule has 0 spiro atoms. The number of aromatic nitrogens is 1. The Kier molecular flexibility index (Phi) is 5.65. The lowest BCUT2D eigenvalue weighted by molar-refractivity contribution is -0.120. The maximum Gasteiger partial charge on any atom is 0.285 e. The zero-order valence-corrected chi connectivity index (χ0v) is 14.3. The molecule has 3 rings (SSSR count). The Morgan fingerprint density at radius 3 is 2.48 bits per heavy atom. The quantitative estimate of drug-likeness (QED) is 0.702. The normalized spacial score (nSPS) is 11.3. The van der Waals surface area contributed by atoms with E-state index < -0.39 is 0 Å². The summed E-state index contributed by atoms with van der Waals surface area (Å²) in [6.45, 7) is 0.475. The molecule has 3 aromatic rings. The third-order valence-electron chi connectivity index (χ3n) is 3.54. The summed E-state index contributed by atoms with van der Waals surface area (Å²) in [4.78, 5) is 16.3. The highest BCUT2D eigenvalue weighted by Crippen LogP contribution is 2.22. The number of halogens is 1. The van der Waals surface area contributed by atoms with Crippen molar-refractivity contribution >= 4 is 17.5 Å². The third kappa shape index (κ3) is 4.81. The van der Waals surface area contributed by atoms with Crippen molar-refractivity contribution in [3.05, 3.63) is 95.1 Å². The SMILES string of the molecule is O=C(COc1ccccc1Cl)N=c1ccccn1Cc1ccccc1. The van der Waals surface area contributed by atoms with Crippen LogP contribution >= 0.6 is 11.6 Å². The molecule has 0 saturated heterocycles. The Labute approximate surface area is 151 Å². The number of ether oxygens (including phenoxy) is 1. The van der Waals surface area contributed by atoms with Crippen LogP contribution in [0.2, 0.25) is 5.02 Å². The first-order valence-corrected chi connectivity index (χ1v) is 8.24. The van der Waals surface area contributed by atoms with Crippen LogP contribution in [0, 0.1) is 0 Å². The molecule has 25 heavy (non-hydrogen) atoms. The standard InChI is InChI=1S/C20H17ClN2O2/c21-17-10-4-5-11-18(17)25-15-20(24)22-19-12-6-7-13-23(19)14-16-8-2-1-3-9-16/h1-13H,14-15H2. The van der Waals surface area contributed by atoms with E-state index in [4.69, 9.17) is 16.3 Å². The average molecular weight is 353 g/mol. The van der Waals surface area contributed by atoms with Crippen LogP contribution in [0.3, 0.4) is 0 Å². The first kappa shape index (κ1) is 17.0. The number of hydrogen-bond donors (Lipinski definition) is 0. The number of carbonyl (C=O) groups is 1. The van der Waals surface area contributed by atoms with E-state index in [0.29, 0.717) is 22.8 Å². The van der Waals surface area contributed by atoms with Crippen molar-refractivity contribution in [1.29, 1.82) is 0 Å². The second-order valence-corrected chi connectivity index (χ2v) is 5.80. The summed E-state index contributed by atoms with van der Waals surface area (Å²) in [6.07, 6.45) is 1.90. The van der Waals surface area contributed by atoms with Crippen LogP contribution in [0.4, 0.5) is 0 Å². The average Bonchev–Trinajstić information content (AvgIpc) is 2.64. The van der Waals surface area contributed by atoms with Gasteiger partial charge in [0, 0.05) is 12.7 Å². The molecule has 1 heterocycles. The van der Waals surface area contributed by atoms with Crippen LogP contribution in [-0.4, -0.2) is 17.1 Å². The zero-order chi connectivity index (χ0) is 17.5. The maximum absolute atomic E-state index is 12.2. The molecule has 0 bridgehead atoms. The number of hydrogen-bond acceptors (Lipinski definition) is 2. The monoisotopic (exact) mass is 352 g/mol. The van der Waals surface area contributed by atoms with Gasteiger partial charge in [0.2, 0.25) is 0 Å². The van der Waals surface area contributed by atoms with Gasteiger partial charge in [-0.15, -0.1) is 0 Å². The van der Waals surface area contributed by atoms with Gasteiger partial charge in [-0.2, -0.15) is 4.99 Å². The first-order chi connectivity index (χ1) is 12.2. The van der Waals surface area contributed by atoms with Crippen molar-refractivity contribution in [2.75, 3.05) is 6.61 Å². The molecule has 0 aliphatic rings. The van der Waals surface area contributed by atoms with Gasteiger partial charge in [0.1, 0.15) is 11.2 Å². The van der Waals surface area contributed by atoms with Crippen molar-refractivity contribution in [3.63, 3.8) is 0 Å². The number of amides is 1. The van der Waals surface area contributed by atoms with Gasteiger partial charge in [0.15, 0.2) is 6.61 Å². The van der Waals surface area contributed by atoms with Gasteiger partial charge < -0.3 is 9.30 Å². The minimum absolute atomic E-state index is 0.163. The number of rotatable bonds is 5. The highest BCUT2D eigenvalue weighted by atomic mass is 35.5. The molecule has 5 heteroatoms. The number of benzene rings is 2. The second-order valence-electron chi connectivity index (χ2n) is 5.40. The first-order valence-electron chi connectivity index (χ1n) is 7.86. The maximum atomic E-state index is 12.2. The number of carbonyl (C=O) groups excluding carboxylic acids is 1. The van der Waals surface area contributed by atoms with Gasteiger partial charge in [-0.3, -0.25) is 4.79 Å². The lowest BCUT2D eigenvalue weighted by Gasteiger charge is -2.08. The predicted octanol–water partition coefficient (Wildman–Crippen LogP) is 3.70. The van der Waals surface area contributed by atoms with Crippen LogP contribution in [0.15, 0.2) is 84.0 Å². The van der Waals surface area contributed by atoms with Crippen molar-refractivity contribution < 1.29 is 9.53 Å². The summed E-state index contributed by atoms with van der Waals surface area (Å²) >= 11 is 6.01. The minimum atomic E-state index is -0.368. The van der Waals surface area contributed by atoms with E-state index in [1.165, 1.54) is 0 Å². The highest BCUT2D eigenvalue weighted by Gasteiger charge is 2.05. The van der Waals surface area contributed by atoms with E-state index in [-0.39, 0.29) is 12.5 Å². The van der Waals surface area contributed by atoms with Gasteiger partial charge in [0.05, 0.1) is 5.02 Å². The van der Waals surface area contributed by atoms with E-state index in [1.54, 1.807) is 30.3 Å². The Balaban J connectivity index is 1.74. The molecule has 126 valence electrons. The Morgan fingerprint density at radius 1 is 0.960 bits per heavy atom. The molecule has 2 aromatic carbocycles. The fourth-order valence-electron chi connectivity index (χ4n) is 2.34. The van der Waals surface area contributed by atoms with Crippen LogP contribution in [-0.2, 0) is 11.3 Å². The van der Waals surface area contributed by atoms with Crippen molar-refractivity contribution in [2.45, 2.75) is 6.54 Å². The minimum Gasteiger partial charge on any atom is -0.482 e. The molecule has 1 aromatic heterocycles. The largest absolute Gasteiger partial charge is 0.482 e. The van der Waals surface area contributed by atoms with E-state index in [9.17, 15) is 4.79 Å². The predicted molar refractivity (Wildman–Crippen MR) is 97.5 cm³/mol. The fourth-order valence-corrected chi connectivity index (χ4v) is 2.53. The zero-order valence-electron chi connectivity index (χ0n) is 13.5. The van der Waals surface area contributed by atoms with Crippen molar-refractivity contribution in [3.8, 4) is 5.75 Å². The Bertz CT molecular complexity index is 920. The molecule has 0 unspecified atom stereocenters.